The van der Waals surface area contributed by atoms with Crippen molar-refractivity contribution in [2.75, 3.05) is 0 Å². The number of benzene rings is 1. The molecule has 0 radical (unpaired) electrons. The summed E-state index contributed by atoms with van der Waals surface area (Å²) >= 11 is 0. The number of nitrogens with one attached hydrogen (secondary N) is 1. The second-order valence-electron chi connectivity index (χ2n) is 7.58. The number of halogens is 2. The van der Waals surface area contributed by atoms with Crippen LogP contribution in [0.5, 0.6) is 0 Å². The first kappa shape index (κ1) is 19.8. The number of rotatable bonds is 3. The van der Waals surface area contributed by atoms with Crippen LogP contribution >= 0.6 is 12.4 Å². The molecule has 1 saturated carbocycles. The number of fused-ring (bicyclic) bond motifs is 1. The molecule has 2 aliphatic rings. The molecular formula is C20H26ClFN4O. The maximum absolute atomic E-state index is 14.5. The molecule has 146 valence electrons. The third-order valence-corrected chi connectivity index (χ3v) is 5.58. The van der Waals surface area contributed by atoms with Crippen molar-refractivity contribution in [3.8, 4) is 5.69 Å². The van der Waals surface area contributed by atoms with Crippen LogP contribution in [0, 0.1) is 12.7 Å². The van der Waals surface area contributed by atoms with Gasteiger partial charge in [-0.3, -0.25) is 4.79 Å². The van der Waals surface area contributed by atoms with Crippen molar-refractivity contribution in [1.29, 1.82) is 0 Å². The smallest absolute Gasteiger partial charge is 0.272 e. The van der Waals surface area contributed by atoms with E-state index >= 15 is 0 Å². The molecule has 0 saturated heterocycles. The Bertz CT molecular complexity index is 843. The van der Waals surface area contributed by atoms with Gasteiger partial charge >= 0.3 is 0 Å². The fraction of sp³-hybridized carbons (Fsp3) is 0.500. The number of carbonyl (C=O) groups is 1. The number of hydrogen-bond acceptors (Lipinski definition) is 3. The van der Waals surface area contributed by atoms with Gasteiger partial charge in [0.25, 0.3) is 5.91 Å². The quantitative estimate of drug-likeness (QED) is 0.842. The summed E-state index contributed by atoms with van der Waals surface area (Å²) in [6.07, 6.45) is 6.30. The highest BCUT2D eigenvalue weighted by Gasteiger charge is 2.29. The van der Waals surface area contributed by atoms with Crippen LogP contribution in [0.1, 0.15) is 59.4 Å². The first-order valence-corrected chi connectivity index (χ1v) is 9.46. The second kappa shape index (κ2) is 7.98. The van der Waals surface area contributed by atoms with Crippen LogP contribution in [0.15, 0.2) is 18.2 Å². The van der Waals surface area contributed by atoms with E-state index in [1.54, 1.807) is 10.7 Å². The van der Waals surface area contributed by atoms with Gasteiger partial charge in [-0.15, -0.1) is 12.4 Å². The fourth-order valence-electron chi connectivity index (χ4n) is 4.12. The van der Waals surface area contributed by atoms with Gasteiger partial charge in [-0.1, -0.05) is 6.07 Å². The number of nitrogens with two attached hydrogens (primary N) is 1. The van der Waals surface area contributed by atoms with Gasteiger partial charge in [0.1, 0.15) is 11.5 Å². The van der Waals surface area contributed by atoms with Gasteiger partial charge in [-0.2, -0.15) is 5.10 Å². The number of hydrogen-bond donors (Lipinski definition) is 2. The third kappa shape index (κ3) is 3.87. The minimum atomic E-state index is -0.310. The van der Waals surface area contributed by atoms with Crippen LogP contribution in [0.3, 0.4) is 0 Å². The normalized spacial score (nSPS) is 21.4. The summed E-state index contributed by atoms with van der Waals surface area (Å²) in [6.45, 7) is 1.86. The van der Waals surface area contributed by atoms with Crippen LogP contribution < -0.4 is 11.1 Å². The summed E-state index contributed by atoms with van der Waals surface area (Å²) in [4.78, 5) is 12.8. The topological polar surface area (TPSA) is 72.9 Å². The van der Waals surface area contributed by atoms with Crippen molar-refractivity contribution in [2.45, 2.75) is 64.0 Å². The standard InChI is InChI=1S/C20H25FN4O.ClH/c1-12-5-10-18(16(21)11-12)25-17-4-2-3-15(17)19(24-25)20(26)23-14-8-6-13(22)7-9-14;/h5,10-11,13-14H,2-4,6-9,22H2,1H3,(H,23,26);1H. The number of aryl methyl sites for hydroxylation is 1. The molecule has 0 aliphatic heterocycles. The maximum atomic E-state index is 14.5. The SMILES string of the molecule is Cc1ccc(-n2nc(C(=O)NC3CCC(N)CC3)c3c2CCC3)c(F)c1.Cl. The number of nitrogens with zero attached hydrogens (tertiary/aromatic N) is 2. The monoisotopic (exact) mass is 392 g/mol. The van der Waals surface area contributed by atoms with Gasteiger partial charge in [-0.25, -0.2) is 9.07 Å². The van der Waals surface area contributed by atoms with Crippen molar-refractivity contribution >= 4 is 18.3 Å². The van der Waals surface area contributed by atoms with Crippen molar-refractivity contribution in [3.05, 3.63) is 46.5 Å². The van der Waals surface area contributed by atoms with Crippen LogP contribution in [0.2, 0.25) is 0 Å². The summed E-state index contributed by atoms with van der Waals surface area (Å²) in [5, 5.41) is 7.62. The van der Waals surface area contributed by atoms with E-state index in [1.165, 1.54) is 6.07 Å². The summed E-state index contributed by atoms with van der Waals surface area (Å²) in [5.74, 6) is -0.453. The predicted octanol–water partition coefficient (Wildman–Crippen LogP) is 3.23. The lowest BCUT2D eigenvalue weighted by molar-refractivity contribution is 0.0919. The molecule has 1 aromatic heterocycles. The van der Waals surface area contributed by atoms with Gasteiger partial charge in [0.15, 0.2) is 5.69 Å². The van der Waals surface area contributed by atoms with Gasteiger partial charge in [0, 0.05) is 23.3 Å². The van der Waals surface area contributed by atoms with E-state index in [2.05, 4.69) is 10.4 Å². The molecule has 5 nitrogen and oxygen atoms in total. The van der Waals surface area contributed by atoms with Crippen LogP contribution in [-0.4, -0.2) is 27.8 Å². The minimum Gasteiger partial charge on any atom is -0.348 e. The third-order valence-electron chi connectivity index (χ3n) is 5.58. The minimum absolute atomic E-state index is 0. The van der Waals surface area contributed by atoms with Crippen molar-refractivity contribution in [1.82, 2.24) is 15.1 Å². The molecule has 1 heterocycles. The lowest BCUT2D eigenvalue weighted by atomic mass is 9.92. The van der Waals surface area contributed by atoms with E-state index in [-0.39, 0.29) is 36.2 Å². The molecule has 1 amide bonds. The maximum Gasteiger partial charge on any atom is 0.272 e. The highest BCUT2D eigenvalue weighted by Crippen LogP contribution is 2.29. The average Bonchev–Trinajstić information content (AvgIpc) is 3.20. The Morgan fingerprint density at radius 3 is 2.70 bits per heavy atom. The predicted molar refractivity (Wildman–Crippen MR) is 105 cm³/mol. The zero-order valence-corrected chi connectivity index (χ0v) is 16.3. The molecule has 0 unspecified atom stereocenters. The molecule has 2 aromatic rings. The van der Waals surface area contributed by atoms with E-state index in [9.17, 15) is 9.18 Å². The second-order valence-corrected chi connectivity index (χ2v) is 7.58. The summed E-state index contributed by atoms with van der Waals surface area (Å²) < 4.78 is 16.1. The molecule has 3 N–H and O–H groups in total. The highest BCUT2D eigenvalue weighted by molar-refractivity contribution is 5.94. The molecule has 1 fully saturated rings. The van der Waals surface area contributed by atoms with Gasteiger partial charge < -0.3 is 11.1 Å². The molecule has 1 aromatic carbocycles. The summed E-state index contributed by atoms with van der Waals surface area (Å²) in [7, 11) is 0. The van der Waals surface area contributed by atoms with Crippen molar-refractivity contribution < 1.29 is 9.18 Å². The Hall–Kier alpha value is -1.92. The van der Waals surface area contributed by atoms with Gasteiger partial charge in [0.2, 0.25) is 0 Å². The first-order chi connectivity index (χ1) is 12.5. The average molecular weight is 393 g/mol. The Morgan fingerprint density at radius 2 is 2.00 bits per heavy atom. The Balaban J connectivity index is 0.00000210. The van der Waals surface area contributed by atoms with Crippen LogP contribution in [0.25, 0.3) is 5.69 Å². The zero-order valence-electron chi connectivity index (χ0n) is 15.5. The number of aromatic nitrogens is 2. The number of carbonyl (C=O) groups excluding carboxylic acids is 1. The van der Waals surface area contributed by atoms with Crippen molar-refractivity contribution in [2.24, 2.45) is 5.73 Å². The molecule has 27 heavy (non-hydrogen) atoms. The fourth-order valence-corrected chi connectivity index (χ4v) is 4.12. The van der Waals surface area contributed by atoms with Gasteiger partial charge in [0.05, 0.1) is 0 Å². The van der Waals surface area contributed by atoms with E-state index < -0.39 is 0 Å². The van der Waals surface area contributed by atoms with Gasteiger partial charge in [-0.05, 0) is 69.6 Å². The Morgan fingerprint density at radius 1 is 1.26 bits per heavy atom. The number of amides is 1. The van der Waals surface area contributed by atoms with E-state index in [4.69, 9.17) is 5.73 Å². The molecule has 4 rings (SSSR count). The zero-order chi connectivity index (χ0) is 18.3. The van der Waals surface area contributed by atoms with Crippen LogP contribution in [-0.2, 0) is 12.8 Å². The molecular weight excluding hydrogens is 367 g/mol. The largest absolute Gasteiger partial charge is 0.348 e. The van der Waals surface area contributed by atoms with Crippen molar-refractivity contribution in [3.63, 3.8) is 0 Å². The molecule has 0 atom stereocenters. The highest BCUT2D eigenvalue weighted by atomic mass is 35.5. The summed E-state index contributed by atoms with van der Waals surface area (Å²) in [6, 6.07) is 5.51. The first-order valence-electron chi connectivity index (χ1n) is 9.46. The van der Waals surface area contributed by atoms with Crippen LogP contribution in [0.4, 0.5) is 4.39 Å². The van der Waals surface area contributed by atoms with E-state index in [1.807, 2.05) is 13.0 Å². The lowest BCUT2D eigenvalue weighted by Crippen LogP contribution is -2.40. The summed E-state index contributed by atoms with van der Waals surface area (Å²) in [5.41, 5.74) is 9.60. The molecule has 2 aliphatic carbocycles. The lowest BCUT2D eigenvalue weighted by Gasteiger charge is -2.26. The van der Waals surface area contributed by atoms with E-state index in [0.29, 0.717) is 11.4 Å². The molecule has 0 spiro atoms. The molecule has 7 heteroatoms. The Kier molecular flexibility index (Phi) is 5.86. The molecule has 0 bridgehead atoms. The van der Waals surface area contributed by atoms with E-state index in [0.717, 1.165) is 61.8 Å². The Labute approximate surface area is 164 Å².